The Hall–Kier alpha value is -4.45. The van der Waals surface area contributed by atoms with Crippen LogP contribution in [0.4, 0.5) is 17.6 Å². The Bertz CT molecular complexity index is 1090. The first-order chi connectivity index (χ1) is 14.6. The zero-order valence-corrected chi connectivity index (χ0v) is 16.1. The van der Waals surface area contributed by atoms with Crippen LogP contribution in [-0.4, -0.2) is 28.0 Å². The lowest BCUT2D eigenvalue weighted by molar-refractivity contribution is -0.139. The Morgan fingerprint density at radius 3 is 2.53 bits per heavy atom. The van der Waals surface area contributed by atoms with Crippen LogP contribution >= 0.6 is 0 Å². The smallest absolute Gasteiger partial charge is 0.349 e. The number of aromatic nitrogens is 3. The second-order valence-corrected chi connectivity index (χ2v) is 5.94. The van der Waals surface area contributed by atoms with E-state index in [1.54, 1.807) is 31.4 Å². The van der Waals surface area contributed by atoms with Gasteiger partial charge < -0.3 is 20.5 Å². The largest absolute Gasteiger partial charge is 0.497 e. The highest BCUT2D eigenvalue weighted by atomic mass is 16.5. The summed E-state index contributed by atoms with van der Waals surface area (Å²) in [5, 5.41) is 12.3. The predicted octanol–water partition coefficient (Wildman–Crippen LogP) is 2.86. The molecule has 9 nitrogen and oxygen atoms in total. The van der Waals surface area contributed by atoms with Crippen molar-refractivity contribution in [2.24, 2.45) is 0 Å². The van der Waals surface area contributed by atoms with E-state index in [4.69, 9.17) is 15.2 Å². The van der Waals surface area contributed by atoms with Gasteiger partial charge in [-0.25, -0.2) is 4.79 Å². The van der Waals surface area contributed by atoms with E-state index >= 15 is 0 Å². The molecule has 30 heavy (non-hydrogen) atoms. The first kappa shape index (κ1) is 20.3. The van der Waals surface area contributed by atoms with Crippen LogP contribution in [-0.2, 0) is 16.1 Å². The summed E-state index contributed by atoms with van der Waals surface area (Å²) in [6.45, 7) is -0.267. The Labute approximate surface area is 172 Å². The molecule has 0 aliphatic rings. The van der Waals surface area contributed by atoms with Gasteiger partial charge in [0.25, 0.3) is 0 Å². The van der Waals surface area contributed by atoms with Gasteiger partial charge in [-0.2, -0.15) is 20.2 Å². The average Bonchev–Trinajstić information content (AvgIpc) is 2.76. The molecule has 0 fully saturated rings. The number of esters is 1. The van der Waals surface area contributed by atoms with Crippen LogP contribution in [0.3, 0.4) is 0 Å². The minimum absolute atomic E-state index is 0.0243. The number of methoxy groups -OCH3 is 1. The number of nitrogens with zero attached hydrogens (tertiary/aromatic N) is 4. The van der Waals surface area contributed by atoms with E-state index in [2.05, 4.69) is 20.3 Å². The summed E-state index contributed by atoms with van der Waals surface area (Å²) < 4.78 is 10.2. The summed E-state index contributed by atoms with van der Waals surface area (Å²) >= 11 is 0. The lowest BCUT2D eigenvalue weighted by Gasteiger charge is -2.08. The molecule has 1 aromatic heterocycles. The number of benzene rings is 2. The maximum atomic E-state index is 12.3. The van der Waals surface area contributed by atoms with Gasteiger partial charge in [0.1, 0.15) is 17.4 Å². The maximum absolute atomic E-state index is 12.3. The molecule has 0 radical (unpaired) electrons. The van der Waals surface area contributed by atoms with Crippen molar-refractivity contribution in [1.29, 1.82) is 5.26 Å². The van der Waals surface area contributed by atoms with Crippen LogP contribution in [0.2, 0.25) is 0 Å². The van der Waals surface area contributed by atoms with Crippen molar-refractivity contribution in [3.63, 3.8) is 0 Å². The first-order valence-electron chi connectivity index (χ1n) is 8.83. The third-order valence-electron chi connectivity index (χ3n) is 3.83. The van der Waals surface area contributed by atoms with Crippen molar-refractivity contribution < 1.29 is 14.3 Å². The number of carbonyl (C=O) groups excluding carboxylic acids is 1. The number of anilines is 3. The molecule has 0 bridgehead atoms. The Kier molecular flexibility index (Phi) is 6.53. The van der Waals surface area contributed by atoms with Crippen LogP contribution < -0.4 is 15.8 Å². The van der Waals surface area contributed by atoms with E-state index in [0.29, 0.717) is 11.3 Å². The van der Waals surface area contributed by atoms with E-state index in [1.807, 2.05) is 36.4 Å². The van der Waals surface area contributed by atoms with Crippen molar-refractivity contribution in [1.82, 2.24) is 15.0 Å². The zero-order chi connectivity index (χ0) is 21.3. The second-order valence-electron chi connectivity index (χ2n) is 5.94. The van der Waals surface area contributed by atoms with Crippen molar-refractivity contribution >= 4 is 29.6 Å². The number of para-hydroxylation sites is 1. The fraction of sp³-hybridized carbons (Fsp3) is 0.0952. The van der Waals surface area contributed by atoms with Crippen LogP contribution in [0, 0.1) is 11.3 Å². The topological polar surface area (TPSA) is 136 Å². The molecule has 2 aromatic carbocycles. The number of hydrogen-bond acceptors (Lipinski definition) is 9. The number of ether oxygens (including phenoxy) is 2. The molecule has 9 heteroatoms. The summed E-state index contributed by atoms with van der Waals surface area (Å²) in [7, 11) is 1.55. The van der Waals surface area contributed by atoms with Crippen molar-refractivity contribution in [2.75, 3.05) is 18.2 Å². The van der Waals surface area contributed by atoms with Gasteiger partial charge in [-0.05, 0) is 35.9 Å². The molecule has 0 saturated carbocycles. The van der Waals surface area contributed by atoms with E-state index in [-0.39, 0.29) is 29.9 Å². The summed E-state index contributed by atoms with van der Waals surface area (Å²) in [6.07, 6.45) is 1.42. The number of hydrogen-bond donors (Lipinski definition) is 2. The number of rotatable bonds is 7. The number of nitriles is 1. The van der Waals surface area contributed by atoms with Crippen LogP contribution in [0.25, 0.3) is 6.08 Å². The van der Waals surface area contributed by atoms with Crippen molar-refractivity contribution in [3.8, 4) is 11.8 Å². The summed E-state index contributed by atoms with van der Waals surface area (Å²) in [6, 6.07) is 18.0. The Balaban J connectivity index is 1.68. The summed E-state index contributed by atoms with van der Waals surface area (Å²) in [5.41, 5.74) is 6.97. The van der Waals surface area contributed by atoms with Gasteiger partial charge in [-0.1, -0.05) is 30.3 Å². The van der Waals surface area contributed by atoms with E-state index in [0.717, 1.165) is 5.69 Å². The first-order valence-corrected chi connectivity index (χ1v) is 8.83. The fourth-order valence-electron chi connectivity index (χ4n) is 2.42. The molecule has 0 unspecified atom stereocenters. The van der Waals surface area contributed by atoms with Crippen LogP contribution in [0.15, 0.2) is 60.2 Å². The monoisotopic (exact) mass is 402 g/mol. The minimum atomic E-state index is -0.801. The zero-order valence-electron chi connectivity index (χ0n) is 16.1. The predicted molar refractivity (Wildman–Crippen MR) is 110 cm³/mol. The SMILES string of the molecule is COc1ccc(/C=C(\C#N)C(=O)OCc2nc(N)nc(Nc3ccccc3)n2)cc1. The van der Waals surface area contributed by atoms with Crippen molar-refractivity contribution in [3.05, 3.63) is 71.6 Å². The van der Waals surface area contributed by atoms with Gasteiger partial charge in [0.15, 0.2) is 12.4 Å². The highest BCUT2D eigenvalue weighted by molar-refractivity contribution is 5.97. The molecule has 0 amide bonds. The van der Waals surface area contributed by atoms with Crippen molar-refractivity contribution in [2.45, 2.75) is 6.61 Å². The van der Waals surface area contributed by atoms with Gasteiger partial charge in [-0.3, -0.25) is 0 Å². The normalized spacial score (nSPS) is 10.7. The fourth-order valence-corrected chi connectivity index (χ4v) is 2.42. The minimum Gasteiger partial charge on any atom is -0.497 e. The van der Waals surface area contributed by atoms with Gasteiger partial charge in [-0.15, -0.1) is 0 Å². The van der Waals surface area contributed by atoms with Gasteiger partial charge in [0, 0.05) is 5.69 Å². The molecule has 0 aliphatic heterocycles. The van der Waals surface area contributed by atoms with Gasteiger partial charge in [0.05, 0.1) is 7.11 Å². The molecule has 150 valence electrons. The summed E-state index contributed by atoms with van der Waals surface area (Å²) in [4.78, 5) is 24.4. The number of nitrogens with two attached hydrogens (primary N) is 1. The molecular weight excluding hydrogens is 384 g/mol. The summed E-state index contributed by atoms with van der Waals surface area (Å²) in [5.74, 6) is 0.208. The standard InChI is InChI=1S/C21H18N6O3/c1-29-17-9-7-14(8-10-17)11-15(12-22)19(28)30-13-18-25-20(23)27-21(26-18)24-16-5-3-2-4-6-16/h2-11H,13H2,1H3,(H3,23,24,25,26,27)/b15-11+. The number of nitrogens with one attached hydrogen (secondary N) is 1. The lowest BCUT2D eigenvalue weighted by Crippen LogP contribution is -2.12. The third kappa shape index (κ3) is 5.53. The highest BCUT2D eigenvalue weighted by Crippen LogP contribution is 2.16. The maximum Gasteiger partial charge on any atom is 0.349 e. The van der Waals surface area contributed by atoms with E-state index in [9.17, 15) is 10.1 Å². The van der Waals surface area contributed by atoms with Crippen LogP contribution in [0.5, 0.6) is 5.75 Å². The second kappa shape index (κ2) is 9.66. The van der Waals surface area contributed by atoms with Gasteiger partial charge >= 0.3 is 5.97 Å². The third-order valence-corrected chi connectivity index (χ3v) is 3.83. The molecular formula is C21H18N6O3. The average molecular weight is 402 g/mol. The molecule has 0 aliphatic carbocycles. The van der Waals surface area contributed by atoms with E-state index < -0.39 is 5.97 Å². The van der Waals surface area contributed by atoms with E-state index in [1.165, 1.54) is 6.08 Å². The Morgan fingerprint density at radius 1 is 1.13 bits per heavy atom. The highest BCUT2D eigenvalue weighted by Gasteiger charge is 2.13. The molecule has 1 heterocycles. The number of carbonyl (C=O) groups is 1. The molecule has 3 aromatic rings. The molecule has 0 atom stereocenters. The molecule has 3 rings (SSSR count). The molecule has 0 spiro atoms. The number of nitrogen functional groups attached to an aromatic ring is 1. The van der Waals surface area contributed by atoms with Gasteiger partial charge in [0.2, 0.25) is 11.9 Å². The quantitative estimate of drug-likeness (QED) is 0.347. The Morgan fingerprint density at radius 2 is 1.87 bits per heavy atom. The molecule has 3 N–H and O–H groups in total. The van der Waals surface area contributed by atoms with Crippen LogP contribution in [0.1, 0.15) is 11.4 Å². The lowest BCUT2D eigenvalue weighted by atomic mass is 10.1. The molecule has 0 saturated heterocycles.